The van der Waals surface area contributed by atoms with Crippen LogP contribution in [0.1, 0.15) is 26.7 Å². The molecule has 1 saturated carbocycles. The number of hydrogen-bond donors (Lipinski definition) is 0. The Labute approximate surface area is 90.8 Å². The molecule has 0 N–H and O–H groups in total. The van der Waals surface area contributed by atoms with Crippen molar-refractivity contribution in [2.75, 3.05) is 0 Å². The van der Waals surface area contributed by atoms with E-state index in [1.165, 1.54) is 12.8 Å². The van der Waals surface area contributed by atoms with Gasteiger partial charge in [0.1, 0.15) is 0 Å². The molecule has 10 heavy (non-hydrogen) atoms. The summed E-state index contributed by atoms with van der Waals surface area (Å²) >= 11 is 5.22. The minimum atomic E-state index is 0.910. The Morgan fingerprint density at radius 1 is 1.10 bits per heavy atom. The molecule has 2 heteroatoms. The Bertz CT molecular complexity index is 99.8. The molecular formula is C8H14I2. The van der Waals surface area contributed by atoms with Gasteiger partial charge in [0.05, 0.1) is 0 Å². The summed E-state index contributed by atoms with van der Waals surface area (Å²) in [7, 11) is 0. The summed E-state index contributed by atoms with van der Waals surface area (Å²) in [5.74, 6) is 1.87. The lowest BCUT2D eigenvalue weighted by Gasteiger charge is -2.34. The third-order valence-corrected chi connectivity index (χ3v) is 6.63. The number of rotatable bonds is 0. The molecule has 0 amide bonds. The van der Waals surface area contributed by atoms with Gasteiger partial charge in [-0.05, 0) is 24.7 Å². The van der Waals surface area contributed by atoms with Crippen LogP contribution in [-0.4, -0.2) is 7.85 Å². The third-order valence-electron chi connectivity index (χ3n) is 2.51. The van der Waals surface area contributed by atoms with E-state index in [2.05, 4.69) is 59.0 Å². The Hall–Kier alpha value is 1.46. The summed E-state index contributed by atoms with van der Waals surface area (Å²) in [6, 6.07) is 0. The normalized spacial score (nSPS) is 49.2. The van der Waals surface area contributed by atoms with E-state index in [1.807, 2.05) is 0 Å². The van der Waals surface area contributed by atoms with Crippen molar-refractivity contribution in [1.82, 2.24) is 0 Å². The molecule has 0 aromatic heterocycles. The lowest BCUT2D eigenvalue weighted by atomic mass is 9.83. The Balaban J connectivity index is 2.52. The topological polar surface area (TPSA) is 0 Å². The summed E-state index contributed by atoms with van der Waals surface area (Å²) in [4.78, 5) is 0. The zero-order chi connectivity index (χ0) is 7.72. The molecule has 0 spiro atoms. The van der Waals surface area contributed by atoms with Gasteiger partial charge in [0, 0.05) is 7.85 Å². The van der Waals surface area contributed by atoms with E-state index in [-0.39, 0.29) is 0 Å². The summed E-state index contributed by atoms with van der Waals surface area (Å²) in [5, 5.41) is 0. The predicted octanol–water partition coefficient (Wildman–Crippen LogP) is 3.66. The van der Waals surface area contributed by atoms with Crippen molar-refractivity contribution in [3.05, 3.63) is 0 Å². The van der Waals surface area contributed by atoms with Crippen LogP contribution < -0.4 is 0 Å². The highest BCUT2D eigenvalue weighted by molar-refractivity contribution is 14.1. The summed E-state index contributed by atoms with van der Waals surface area (Å²) < 4.78 is 1.84. The average molecular weight is 364 g/mol. The molecule has 60 valence electrons. The van der Waals surface area contributed by atoms with Crippen LogP contribution in [0.3, 0.4) is 0 Å². The molecular weight excluding hydrogens is 350 g/mol. The molecule has 0 nitrogen and oxygen atoms in total. The highest BCUT2D eigenvalue weighted by Gasteiger charge is 2.30. The zero-order valence-corrected chi connectivity index (χ0v) is 10.8. The molecule has 0 bridgehead atoms. The van der Waals surface area contributed by atoms with Gasteiger partial charge in [0.25, 0.3) is 0 Å². The van der Waals surface area contributed by atoms with Gasteiger partial charge >= 0.3 is 0 Å². The first-order chi connectivity index (χ1) is 4.63. The molecule has 0 aliphatic heterocycles. The van der Waals surface area contributed by atoms with Crippen molar-refractivity contribution >= 4 is 45.2 Å². The van der Waals surface area contributed by atoms with Crippen LogP contribution in [-0.2, 0) is 0 Å². The fraction of sp³-hybridized carbons (Fsp3) is 1.00. The molecule has 0 aromatic carbocycles. The quantitative estimate of drug-likeness (QED) is 0.455. The van der Waals surface area contributed by atoms with Gasteiger partial charge < -0.3 is 0 Å². The van der Waals surface area contributed by atoms with E-state index in [0.717, 1.165) is 19.7 Å². The van der Waals surface area contributed by atoms with Gasteiger partial charge in [-0.3, -0.25) is 0 Å². The molecule has 4 atom stereocenters. The molecule has 0 saturated heterocycles. The first-order valence-electron chi connectivity index (χ1n) is 3.91. The molecule has 0 heterocycles. The van der Waals surface area contributed by atoms with Gasteiger partial charge in [-0.1, -0.05) is 59.0 Å². The SMILES string of the molecule is CC1CCC(I)C(C)C1I. The number of hydrogen-bond acceptors (Lipinski definition) is 0. The van der Waals surface area contributed by atoms with Crippen molar-refractivity contribution in [2.24, 2.45) is 11.8 Å². The maximum atomic E-state index is 2.62. The van der Waals surface area contributed by atoms with Crippen LogP contribution >= 0.6 is 45.2 Å². The van der Waals surface area contributed by atoms with Gasteiger partial charge in [-0.15, -0.1) is 0 Å². The summed E-state index contributed by atoms with van der Waals surface area (Å²) in [6.45, 7) is 4.78. The zero-order valence-electron chi connectivity index (χ0n) is 6.48. The fourth-order valence-corrected chi connectivity index (χ4v) is 4.02. The summed E-state index contributed by atoms with van der Waals surface area (Å²) in [6.07, 6.45) is 2.87. The van der Waals surface area contributed by atoms with E-state index in [9.17, 15) is 0 Å². The van der Waals surface area contributed by atoms with Gasteiger partial charge in [-0.25, -0.2) is 0 Å². The standard InChI is InChI=1S/C8H14I2/c1-5-3-4-7(9)6(2)8(5)10/h5-8H,3-4H2,1-2H3. The van der Waals surface area contributed by atoms with Gasteiger partial charge in [-0.2, -0.15) is 0 Å². The largest absolute Gasteiger partial charge is 0.0823 e. The first-order valence-corrected chi connectivity index (χ1v) is 6.40. The number of halogens is 2. The minimum absolute atomic E-state index is 0.910. The average Bonchev–Trinajstić information content (AvgIpc) is 1.93. The van der Waals surface area contributed by atoms with Crippen LogP contribution in [0.2, 0.25) is 0 Å². The van der Waals surface area contributed by atoms with Crippen LogP contribution in [0.5, 0.6) is 0 Å². The van der Waals surface area contributed by atoms with Crippen molar-refractivity contribution in [1.29, 1.82) is 0 Å². The molecule has 1 aliphatic carbocycles. The monoisotopic (exact) mass is 364 g/mol. The maximum absolute atomic E-state index is 2.62. The minimum Gasteiger partial charge on any atom is -0.0823 e. The van der Waals surface area contributed by atoms with Crippen molar-refractivity contribution in [3.8, 4) is 0 Å². The third kappa shape index (κ3) is 1.99. The smallest absolute Gasteiger partial charge is 0.0171 e. The van der Waals surface area contributed by atoms with E-state index in [1.54, 1.807) is 0 Å². The number of alkyl halides is 2. The highest BCUT2D eigenvalue weighted by atomic mass is 127. The van der Waals surface area contributed by atoms with E-state index in [4.69, 9.17) is 0 Å². The lowest BCUT2D eigenvalue weighted by Crippen LogP contribution is -2.32. The van der Waals surface area contributed by atoms with E-state index in [0.29, 0.717) is 0 Å². The van der Waals surface area contributed by atoms with Crippen LogP contribution in [0.25, 0.3) is 0 Å². The molecule has 4 unspecified atom stereocenters. The van der Waals surface area contributed by atoms with E-state index >= 15 is 0 Å². The second kappa shape index (κ2) is 3.92. The van der Waals surface area contributed by atoms with Crippen molar-refractivity contribution in [2.45, 2.75) is 34.5 Å². The summed E-state index contributed by atoms with van der Waals surface area (Å²) in [5.41, 5.74) is 0. The molecule has 1 aliphatic rings. The Kier molecular flexibility index (Phi) is 3.74. The Morgan fingerprint density at radius 3 is 2.20 bits per heavy atom. The van der Waals surface area contributed by atoms with E-state index < -0.39 is 0 Å². The van der Waals surface area contributed by atoms with Gasteiger partial charge in [0.2, 0.25) is 0 Å². The highest BCUT2D eigenvalue weighted by Crippen LogP contribution is 2.38. The second-order valence-electron chi connectivity index (χ2n) is 3.37. The lowest BCUT2D eigenvalue weighted by molar-refractivity contribution is 0.344. The van der Waals surface area contributed by atoms with Crippen LogP contribution in [0.15, 0.2) is 0 Å². The maximum Gasteiger partial charge on any atom is 0.0171 e. The fourth-order valence-electron chi connectivity index (χ4n) is 1.56. The Morgan fingerprint density at radius 2 is 1.70 bits per heavy atom. The first kappa shape index (κ1) is 9.55. The molecule has 1 rings (SSSR count). The van der Waals surface area contributed by atoms with Crippen molar-refractivity contribution < 1.29 is 0 Å². The van der Waals surface area contributed by atoms with Crippen LogP contribution in [0.4, 0.5) is 0 Å². The molecule has 0 radical (unpaired) electrons. The molecule has 1 fully saturated rings. The van der Waals surface area contributed by atoms with Crippen molar-refractivity contribution in [3.63, 3.8) is 0 Å². The predicted molar refractivity (Wildman–Crippen MR) is 63.2 cm³/mol. The van der Waals surface area contributed by atoms with Gasteiger partial charge in [0.15, 0.2) is 0 Å². The second-order valence-corrected chi connectivity index (χ2v) is 6.41. The molecule has 0 aromatic rings. The van der Waals surface area contributed by atoms with Crippen LogP contribution in [0, 0.1) is 11.8 Å².